The molecule has 4 aromatic heterocycles. The molecule has 0 bridgehead atoms. The van der Waals surface area contributed by atoms with Crippen LogP contribution in [0, 0.1) is 11.3 Å². The van der Waals surface area contributed by atoms with E-state index in [2.05, 4.69) is 65.9 Å². The Hall–Kier alpha value is -6.01. The standard InChI is InChI=1S/C18H19F3N6O2.C18H24N6O2/c1-2-13(28)27-7-11(17(9-27)3-4-17)25-12-6-23-15-14(26-12)10(5-22-15)16(29)24-8-18(19,20)21;1-4-11-9-24(15(25)5-2)10-13(11)22-14-8-21-17-16(23-14)12(7-20-17)18(26)19-6-3/h2,5-6,11H,1,3-4,7-9H2,(H,22,23)(H,24,29)(H,25,26);5,7-8,11,13H,2,4,6,9-10H2,1,3H3,(H,19,26)(H,20,21)(H,22,23)/t;11-,13+/m.0/s1. The Balaban J connectivity index is 0.000000188. The van der Waals surface area contributed by atoms with E-state index in [0.29, 0.717) is 72.7 Å². The Bertz CT molecular complexity index is 2110. The number of nitrogens with zero attached hydrogens (tertiary/aromatic N) is 6. The Kier molecular flexibility index (Phi) is 11.1. The van der Waals surface area contributed by atoms with Gasteiger partial charge >= 0.3 is 6.18 Å². The van der Waals surface area contributed by atoms with E-state index in [-0.39, 0.29) is 46.3 Å². The van der Waals surface area contributed by atoms with Gasteiger partial charge in [0.2, 0.25) is 11.8 Å². The number of aromatic amines is 2. The van der Waals surface area contributed by atoms with Gasteiger partial charge in [-0.15, -0.1) is 0 Å². The highest BCUT2D eigenvalue weighted by Crippen LogP contribution is 2.53. The number of hydrogen-bond donors (Lipinski definition) is 6. The first-order chi connectivity index (χ1) is 26.3. The Morgan fingerprint density at radius 1 is 0.855 bits per heavy atom. The summed E-state index contributed by atoms with van der Waals surface area (Å²) in [4.78, 5) is 74.8. The first kappa shape index (κ1) is 38.7. The van der Waals surface area contributed by atoms with Crippen molar-refractivity contribution in [3.63, 3.8) is 0 Å². The summed E-state index contributed by atoms with van der Waals surface area (Å²) >= 11 is 0. The van der Waals surface area contributed by atoms with Gasteiger partial charge in [0.05, 0.1) is 29.6 Å². The van der Waals surface area contributed by atoms with E-state index in [1.165, 1.54) is 24.5 Å². The van der Waals surface area contributed by atoms with Crippen LogP contribution in [0.15, 0.2) is 50.1 Å². The molecule has 19 heteroatoms. The van der Waals surface area contributed by atoms with Crippen molar-refractivity contribution in [2.75, 3.05) is 49.9 Å². The predicted octanol–water partition coefficient (Wildman–Crippen LogP) is 3.38. The monoisotopic (exact) mass is 764 g/mol. The molecule has 3 fully saturated rings. The summed E-state index contributed by atoms with van der Waals surface area (Å²) in [6.45, 7) is 12.6. The van der Waals surface area contributed by atoms with Crippen LogP contribution in [-0.4, -0.2) is 121 Å². The summed E-state index contributed by atoms with van der Waals surface area (Å²) in [6.07, 6.45) is 7.08. The minimum absolute atomic E-state index is 0.0135. The molecule has 4 aromatic rings. The lowest BCUT2D eigenvalue weighted by atomic mass is 10.0. The van der Waals surface area contributed by atoms with Crippen LogP contribution in [0.1, 0.15) is 53.8 Å². The number of rotatable bonds is 11. The van der Waals surface area contributed by atoms with Crippen molar-refractivity contribution in [3.05, 3.63) is 61.2 Å². The van der Waals surface area contributed by atoms with Gasteiger partial charge in [-0.25, -0.2) is 19.9 Å². The summed E-state index contributed by atoms with van der Waals surface area (Å²) in [5.74, 6) is 0.0630. The van der Waals surface area contributed by atoms with E-state index in [1.54, 1.807) is 22.2 Å². The van der Waals surface area contributed by atoms with E-state index >= 15 is 0 Å². The van der Waals surface area contributed by atoms with E-state index in [0.717, 1.165) is 19.3 Å². The molecule has 2 saturated heterocycles. The Morgan fingerprint density at radius 3 is 1.95 bits per heavy atom. The normalized spacial score (nSPS) is 19.8. The van der Waals surface area contributed by atoms with Gasteiger partial charge in [-0.2, -0.15) is 13.2 Å². The molecular weight excluding hydrogens is 721 g/mol. The van der Waals surface area contributed by atoms with Gasteiger partial charge < -0.3 is 41.0 Å². The number of carbonyl (C=O) groups excluding carboxylic acids is 4. The highest BCUT2D eigenvalue weighted by Gasteiger charge is 2.56. The molecule has 6 heterocycles. The van der Waals surface area contributed by atoms with Crippen LogP contribution in [0.3, 0.4) is 0 Å². The third-order valence-electron chi connectivity index (χ3n) is 10.2. The topological polar surface area (TPSA) is 206 Å². The highest BCUT2D eigenvalue weighted by molar-refractivity contribution is 6.05. The largest absolute Gasteiger partial charge is 0.405 e. The van der Waals surface area contributed by atoms with Crippen molar-refractivity contribution in [2.24, 2.45) is 11.3 Å². The lowest BCUT2D eigenvalue weighted by Gasteiger charge is -2.18. The van der Waals surface area contributed by atoms with Crippen LogP contribution in [0.25, 0.3) is 22.3 Å². The fraction of sp³-hybridized carbons (Fsp3) is 0.444. The average Bonchev–Trinajstić information content (AvgIpc) is 3.49. The second-order valence-corrected chi connectivity index (χ2v) is 13.8. The zero-order chi connectivity index (χ0) is 39.5. The predicted molar refractivity (Wildman–Crippen MR) is 198 cm³/mol. The fourth-order valence-corrected chi connectivity index (χ4v) is 7.06. The maximum atomic E-state index is 12.4. The summed E-state index contributed by atoms with van der Waals surface area (Å²) in [7, 11) is 0. The van der Waals surface area contributed by atoms with Crippen LogP contribution < -0.4 is 21.3 Å². The molecule has 1 unspecified atom stereocenters. The van der Waals surface area contributed by atoms with Crippen LogP contribution in [0.4, 0.5) is 24.8 Å². The van der Waals surface area contributed by atoms with Crippen molar-refractivity contribution in [1.82, 2.24) is 50.3 Å². The molecule has 16 nitrogen and oxygen atoms in total. The van der Waals surface area contributed by atoms with Gasteiger partial charge in [-0.1, -0.05) is 20.1 Å². The first-order valence-electron chi connectivity index (χ1n) is 17.9. The minimum atomic E-state index is -4.50. The van der Waals surface area contributed by atoms with Gasteiger partial charge in [0.1, 0.15) is 29.2 Å². The number of anilines is 2. The molecule has 1 spiro atoms. The molecule has 55 heavy (non-hydrogen) atoms. The lowest BCUT2D eigenvalue weighted by molar-refractivity contribution is -0.125. The first-order valence-corrected chi connectivity index (χ1v) is 17.9. The van der Waals surface area contributed by atoms with Crippen molar-refractivity contribution in [1.29, 1.82) is 0 Å². The van der Waals surface area contributed by atoms with Crippen molar-refractivity contribution < 1.29 is 32.3 Å². The SMILES string of the molecule is C=CC(=O)N1CC(Nc2cnc3[nH]cc(C(=O)NCC(F)(F)F)c3n2)C2(CC2)C1.C=CC(=O)N1C[C@H](CC)[C@H](Nc2cnc3[nH]cc(C(=O)NCC)c3n2)C1. The van der Waals surface area contributed by atoms with Gasteiger partial charge in [-0.05, 0) is 44.3 Å². The highest BCUT2D eigenvalue weighted by atomic mass is 19.4. The van der Waals surface area contributed by atoms with E-state index in [9.17, 15) is 32.3 Å². The summed E-state index contributed by atoms with van der Waals surface area (Å²) < 4.78 is 37.1. The third kappa shape index (κ3) is 8.54. The van der Waals surface area contributed by atoms with Crippen LogP contribution in [-0.2, 0) is 9.59 Å². The number of likely N-dealkylation sites (tertiary alicyclic amines) is 2. The van der Waals surface area contributed by atoms with E-state index in [4.69, 9.17) is 0 Å². The zero-order valence-electron chi connectivity index (χ0n) is 30.4. The van der Waals surface area contributed by atoms with Crippen LogP contribution in [0.2, 0.25) is 0 Å². The third-order valence-corrected chi connectivity index (χ3v) is 10.2. The fourth-order valence-electron chi connectivity index (χ4n) is 7.06. The summed E-state index contributed by atoms with van der Waals surface area (Å²) in [6, 6.07) is 0.0575. The van der Waals surface area contributed by atoms with Crippen molar-refractivity contribution >= 4 is 57.6 Å². The molecule has 292 valence electrons. The van der Waals surface area contributed by atoms with Gasteiger partial charge in [0.25, 0.3) is 11.8 Å². The zero-order valence-corrected chi connectivity index (χ0v) is 30.4. The number of alkyl halides is 3. The number of hydrogen-bond acceptors (Lipinski definition) is 10. The molecule has 1 saturated carbocycles. The van der Waals surface area contributed by atoms with Crippen molar-refractivity contribution in [3.8, 4) is 0 Å². The molecule has 7 rings (SSSR count). The molecule has 3 aliphatic rings. The lowest BCUT2D eigenvalue weighted by Crippen LogP contribution is -2.33. The van der Waals surface area contributed by atoms with Crippen LogP contribution >= 0.6 is 0 Å². The molecule has 2 aliphatic heterocycles. The van der Waals surface area contributed by atoms with Crippen LogP contribution in [0.5, 0.6) is 0 Å². The number of aromatic nitrogens is 6. The number of nitrogens with one attached hydrogen (secondary N) is 6. The number of fused-ring (bicyclic) bond motifs is 2. The van der Waals surface area contributed by atoms with E-state index in [1.807, 2.05) is 12.2 Å². The van der Waals surface area contributed by atoms with Gasteiger partial charge in [0.15, 0.2) is 11.3 Å². The average molecular weight is 765 g/mol. The summed E-state index contributed by atoms with van der Waals surface area (Å²) in [5, 5.41) is 11.3. The maximum absolute atomic E-state index is 12.4. The molecule has 3 atom stereocenters. The number of H-pyrrole nitrogens is 2. The van der Waals surface area contributed by atoms with Gasteiger partial charge in [0, 0.05) is 56.6 Å². The molecular formula is C36H43F3N12O4. The number of amides is 4. The maximum Gasteiger partial charge on any atom is 0.405 e. The second kappa shape index (κ2) is 15.8. The molecule has 0 aromatic carbocycles. The number of carbonyl (C=O) groups is 4. The second-order valence-electron chi connectivity index (χ2n) is 13.8. The summed E-state index contributed by atoms with van der Waals surface area (Å²) in [5.41, 5.74) is 2.02. The number of halogens is 3. The minimum Gasteiger partial charge on any atom is -0.364 e. The quantitative estimate of drug-likeness (QED) is 0.123. The Labute approximate surface area is 313 Å². The van der Waals surface area contributed by atoms with Gasteiger partial charge in [-0.3, -0.25) is 19.2 Å². The molecule has 6 N–H and O–H groups in total. The Morgan fingerprint density at radius 2 is 1.42 bits per heavy atom. The smallest absolute Gasteiger partial charge is 0.364 e. The van der Waals surface area contributed by atoms with Crippen molar-refractivity contribution in [2.45, 2.75) is 51.4 Å². The molecule has 0 radical (unpaired) electrons. The molecule has 1 aliphatic carbocycles. The molecule has 4 amide bonds. The van der Waals surface area contributed by atoms with E-state index < -0.39 is 18.6 Å².